The molecule has 0 radical (unpaired) electrons. The molecule has 0 saturated heterocycles. The Balaban J connectivity index is 1.70. The summed E-state index contributed by atoms with van der Waals surface area (Å²) in [5.74, 6) is 0.503. The molecular formula is C21H28N6O3. The first kappa shape index (κ1) is 20.2. The number of amides is 2. The molecule has 0 spiro atoms. The van der Waals surface area contributed by atoms with Crippen molar-refractivity contribution in [1.29, 1.82) is 0 Å². The number of fused-ring (bicyclic) bond motifs is 3. The molecule has 0 unspecified atom stereocenters. The zero-order valence-corrected chi connectivity index (χ0v) is 17.7. The molecule has 3 aromatic rings. The second kappa shape index (κ2) is 7.97. The van der Waals surface area contributed by atoms with Gasteiger partial charge in [0.1, 0.15) is 13.1 Å². The molecule has 30 heavy (non-hydrogen) atoms. The van der Waals surface area contributed by atoms with Crippen LogP contribution in [0.3, 0.4) is 0 Å². The van der Waals surface area contributed by atoms with E-state index in [4.69, 9.17) is 0 Å². The minimum Gasteiger partial charge on any atom is -0.352 e. The van der Waals surface area contributed by atoms with Gasteiger partial charge in [-0.2, -0.15) is 0 Å². The Kier molecular flexibility index (Phi) is 5.36. The molecule has 0 bridgehead atoms. The van der Waals surface area contributed by atoms with Gasteiger partial charge >= 0.3 is 5.69 Å². The predicted molar refractivity (Wildman–Crippen MR) is 113 cm³/mol. The van der Waals surface area contributed by atoms with Crippen LogP contribution in [0.2, 0.25) is 0 Å². The molecule has 9 nitrogen and oxygen atoms in total. The first-order chi connectivity index (χ1) is 14.4. The molecule has 160 valence electrons. The number of rotatable bonds is 5. The Morgan fingerprint density at radius 2 is 1.83 bits per heavy atom. The molecule has 2 heterocycles. The van der Waals surface area contributed by atoms with Gasteiger partial charge < -0.3 is 10.2 Å². The number of carbonyl (C=O) groups is 2. The lowest BCUT2D eigenvalue weighted by Crippen LogP contribution is -2.42. The van der Waals surface area contributed by atoms with E-state index in [1.807, 2.05) is 24.3 Å². The normalized spacial score (nSPS) is 19.3. The Bertz CT molecular complexity index is 1150. The van der Waals surface area contributed by atoms with E-state index < -0.39 is 5.69 Å². The highest BCUT2D eigenvalue weighted by Crippen LogP contribution is 2.24. The van der Waals surface area contributed by atoms with E-state index in [1.165, 1.54) is 15.7 Å². The van der Waals surface area contributed by atoms with Gasteiger partial charge in [0.2, 0.25) is 17.6 Å². The lowest BCUT2D eigenvalue weighted by Gasteiger charge is -2.29. The maximum Gasteiger partial charge on any atom is 0.352 e. The van der Waals surface area contributed by atoms with Gasteiger partial charge in [0.05, 0.1) is 11.0 Å². The number of benzene rings is 1. The summed E-state index contributed by atoms with van der Waals surface area (Å²) < 4.78 is 4.37. The predicted octanol–water partition coefficient (Wildman–Crippen LogP) is 1.23. The highest BCUT2D eigenvalue weighted by atomic mass is 16.2. The molecule has 1 aliphatic carbocycles. The first-order valence-corrected chi connectivity index (χ1v) is 10.4. The van der Waals surface area contributed by atoms with E-state index in [2.05, 4.69) is 17.3 Å². The summed E-state index contributed by atoms with van der Waals surface area (Å²) in [6, 6.07) is 7.58. The summed E-state index contributed by atoms with van der Waals surface area (Å²) >= 11 is 0. The zero-order chi connectivity index (χ0) is 21.4. The average molecular weight is 412 g/mol. The molecule has 2 aromatic heterocycles. The SMILES string of the molecule is C[C@H]1CCCC[C@H]1NC(=O)Cn1c2ccccc2n2c(=O)n(CC(=O)N(C)C)nc12. The molecular weight excluding hydrogens is 384 g/mol. The number of hydrogen-bond donors (Lipinski definition) is 1. The summed E-state index contributed by atoms with van der Waals surface area (Å²) in [7, 11) is 3.27. The highest BCUT2D eigenvalue weighted by molar-refractivity contribution is 5.84. The molecule has 0 aliphatic heterocycles. The molecule has 1 N–H and O–H groups in total. The van der Waals surface area contributed by atoms with Crippen LogP contribution >= 0.6 is 0 Å². The van der Waals surface area contributed by atoms with E-state index in [0.717, 1.165) is 29.5 Å². The van der Waals surface area contributed by atoms with Crippen LogP contribution in [0.5, 0.6) is 0 Å². The average Bonchev–Trinajstić information content (AvgIpc) is 3.19. The Morgan fingerprint density at radius 3 is 2.53 bits per heavy atom. The van der Waals surface area contributed by atoms with Crippen LogP contribution in [0.25, 0.3) is 16.8 Å². The molecule has 2 amide bonds. The van der Waals surface area contributed by atoms with E-state index in [-0.39, 0.29) is 30.9 Å². The topological polar surface area (TPSA) is 93.6 Å². The standard InChI is InChI=1S/C21H28N6O3/c1-14-8-4-5-9-15(14)22-18(28)12-25-16-10-6-7-11-17(16)27-20(25)23-26(21(27)30)13-19(29)24(2)3/h6-7,10-11,14-15H,4-5,8-9,12-13H2,1-3H3,(H,22,28)/t14-,15+/m0/s1. The summed E-state index contributed by atoms with van der Waals surface area (Å²) in [6.45, 7) is 2.10. The molecule has 1 saturated carbocycles. The van der Waals surface area contributed by atoms with Gasteiger partial charge in [0.15, 0.2) is 0 Å². The number of nitrogens with zero attached hydrogens (tertiary/aromatic N) is 5. The van der Waals surface area contributed by atoms with Crippen molar-refractivity contribution < 1.29 is 9.59 Å². The minimum atomic E-state index is -0.392. The largest absolute Gasteiger partial charge is 0.352 e. The summed E-state index contributed by atoms with van der Waals surface area (Å²) in [5, 5.41) is 7.55. The van der Waals surface area contributed by atoms with Crippen LogP contribution in [0, 0.1) is 5.92 Å². The number of hydrogen-bond acceptors (Lipinski definition) is 4. The highest BCUT2D eigenvalue weighted by Gasteiger charge is 2.25. The monoisotopic (exact) mass is 412 g/mol. The van der Waals surface area contributed by atoms with Crippen molar-refractivity contribution in [3.63, 3.8) is 0 Å². The van der Waals surface area contributed by atoms with Crippen LogP contribution in [0.15, 0.2) is 29.1 Å². The van der Waals surface area contributed by atoms with E-state index in [1.54, 1.807) is 18.7 Å². The molecule has 1 aromatic carbocycles. The van der Waals surface area contributed by atoms with Gasteiger partial charge in [0, 0.05) is 20.1 Å². The molecule has 1 fully saturated rings. The fraction of sp³-hybridized carbons (Fsp3) is 0.524. The lowest BCUT2D eigenvalue weighted by atomic mass is 9.86. The second-order valence-electron chi connectivity index (χ2n) is 8.37. The number of nitrogens with one attached hydrogen (secondary N) is 1. The second-order valence-corrected chi connectivity index (χ2v) is 8.37. The van der Waals surface area contributed by atoms with Gasteiger partial charge in [0.25, 0.3) is 0 Å². The smallest absolute Gasteiger partial charge is 0.352 e. The van der Waals surface area contributed by atoms with Crippen molar-refractivity contribution in [1.82, 2.24) is 29.0 Å². The van der Waals surface area contributed by atoms with Crippen LogP contribution in [-0.2, 0) is 22.7 Å². The third kappa shape index (κ3) is 3.59. The fourth-order valence-corrected chi connectivity index (χ4v) is 4.23. The van der Waals surface area contributed by atoms with Crippen molar-refractivity contribution in [3.05, 3.63) is 34.7 Å². The summed E-state index contributed by atoms with van der Waals surface area (Å²) in [5.41, 5.74) is 1.03. The quantitative estimate of drug-likeness (QED) is 0.682. The van der Waals surface area contributed by atoms with Gasteiger partial charge in [-0.25, -0.2) is 13.9 Å². The van der Waals surface area contributed by atoms with Crippen molar-refractivity contribution >= 4 is 28.6 Å². The maximum absolute atomic E-state index is 12.9. The fourth-order valence-electron chi connectivity index (χ4n) is 4.23. The molecule has 4 rings (SSSR count). The van der Waals surface area contributed by atoms with Gasteiger partial charge in [-0.1, -0.05) is 31.9 Å². The molecule has 1 aliphatic rings. The Morgan fingerprint density at radius 1 is 1.13 bits per heavy atom. The van der Waals surface area contributed by atoms with Crippen molar-refractivity contribution in [2.75, 3.05) is 14.1 Å². The van der Waals surface area contributed by atoms with Crippen molar-refractivity contribution in [2.45, 2.75) is 51.7 Å². The summed E-state index contributed by atoms with van der Waals surface area (Å²) in [4.78, 5) is 39.3. The zero-order valence-electron chi connectivity index (χ0n) is 17.7. The van der Waals surface area contributed by atoms with Crippen molar-refractivity contribution in [2.24, 2.45) is 5.92 Å². The Labute approximate surface area is 174 Å². The lowest BCUT2D eigenvalue weighted by molar-refractivity contribution is -0.129. The first-order valence-electron chi connectivity index (χ1n) is 10.4. The number of carbonyl (C=O) groups excluding carboxylic acids is 2. The van der Waals surface area contributed by atoms with Gasteiger partial charge in [-0.05, 0) is 30.9 Å². The van der Waals surface area contributed by atoms with Crippen LogP contribution < -0.4 is 11.0 Å². The number of aromatic nitrogens is 4. The van der Waals surface area contributed by atoms with Crippen LogP contribution in [0.1, 0.15) is 32.6 Å². The van der Waals surface area contributed by atoms with Gasteiger partial charge in [-0.15, -0.1) is 5.10 Å². The van der Waals surface area contributed by atoms with E-state index >= 15 is 0 Å². The van der Waals surface area contributed by atoms with E-state index in [9.17, 15) is 14.4 Å². The third-order valence-corrected chi connectivity index (χ3v) is 6.02. The number of para-hydroxylation sites is 2. The van der Waals surface area contributed by atoms with Crippen LogP contribution in [-0.4, -0.2) is 55.6 Å². The Hall–Kier alpha value is -3.10. The minimum absolute atomic E-state index is 0.0678. The third-order valence-electron chi connectivity index (χ3n) is 6.02. The molecule has 9 heteroatoms. The number of likely N-dealkylation sites (N-methyl/N-ethyl adjacent to an activating group) is 1. The molecule has 2 atom stereocenters. The number of imidazole rings is 1. The maximum atomic E-state index is 12.9. The van der Waals surface area contributed by atoms with E-state index in [0.29, 0.717) is 17.2 Å². The summed E-state index contributed by atoms with van der Waals surface area (Å²) in [6.07, 6.45) is 4.46. The van der Waals surface area contributed by atoms with Crippen molar-refractivity contribution in [3.8, 4) is 0 Å². The van der Waals surface area contributed by atoms with Crippen LogP contribution in [0.4, 0.5) is 0 Å². The van der Waals surface area contributed by atoms with Gasteiger partial charge in [-0.3, -0.25) is 14.2 Å².